The number of sulfonamides is 1. The van der Waals surface area contributed by atoms with Crippen LogP contribution in [0, 0.1) is 0 Å². The van der Waals surface area contributed by atoms with Crippen molar-refractivity contribution in [2.75, 3.05) is 17.9 Å². The number of aromatic nitrogens is 1. The monoisotopic (exact) mass is 406 g/mol. The van der Waals surface area contributed by atoms with Crippen LogP contribution in [0.2, 0.25) is 0 Å². The number of thiazole rings is 1. The maximum Gasteiger partial charge on any atom is 0.308 e. The lowest BCUT2D eigenvalue weighted by molar-refractivity contribution is 0.171. The number of rotatable bonds is 5. The van der Waals surface area contributed by atoms with Gasteiger partial charge in [0.2, 0.25) is 0 Å². The molecular weight excluding hydrogens is 388 g/mol. The van der Waals surface area contributed by atoms with E-state index in [2.05, 4.69) is 4.72 Å². The van der Waals surface area contributed by atoms with E-state index < -0.39 is 10.0 Å². The summed E-state index contributed by atoms with van der Waals surface area (Å²) in [6.07, 6.45) is 0.831. The molecule has 1 aliphatic heterocycles. The third kappa shape index (κ3) is 3.40. The van der Waals surface area contributed by atoms with Gasteiger partial charge in [0, 0.05) is 12.6 Å². The van der Waals surface area contributed by atoms with Gasteiger partial charge in [-0.05, 0) is 36.8 Å². The third-order valence-electron chi connectivity index (χ3n) is 4.19. The van der Waals surface area contributed by atoms with E-state index in [-0.39, 0.29) is 9.77 Å². The number of benzene rings is 2. The minimum Gasteiger partial charge on any atom is -0.486 e. The van der Waals surface area contributed by atoms with Crippen LogP contribution in [-0.4, -0.2) is 26.2 Å². The molecule has 3 aromatic rings. The summed E-state index contributed by atoms with van der Waals surface area (Å²) in [7, 11) is -3.80. The van der Waals surface area contributed by atoms with Crippen LogP contribution in [0.5, 0.6) is 11.5 Å². The molecule has 0 radical (unpaired) electrons. The van der Waals surface area contributed by atoms with Gasteiger partial charge in [-0.2, -0.15) is 0 Å². The van der Waals surface area contributed by atoms with Crippen molar-refractivity contribution >= 4 is 37.3 Å². The number of nitrogens with one attached hydrogen (secondary N) is 1. The smallest absolute Gasteiger partial charge is 0.308 e. The Morgan fingerprint density at radius 3 is 2.67 bits per heavy atom. The summed E-state index contributed by atoms with van der Waals surface area (Å²) in [6, 6.07) is 9.63. The summed E-state index contributed by atoms with van der Waals surface area (Å²) in [5, 5.41) is 0. The lowest BCUT2D eigenvalue weighted by Crippen LogP contribution is -2.16. The maximum atomic E-state index is 12.8. The first kappa shape index (κ1) is 17.9. The number of hydrogen-bond acceptors (Lipinski definition) is 6. The summed E-state index contributed by atoms with van der Waals surface area (Å²) in [4.78, 5) is 12.1. The van der Waals surface area contributed by atoms with Crippen LogP contribution in [0.3, 0.4) is 0 Å². The molecule has 0 amide bonds. The molecule has 0 fully saturated rings. The molecule has 1 aliphatic rings. The van der Waals surface area contributed by atoms with Crippen molar-refractivity contribution in [1.82, 2.24) is 4.57 Å². The summed E-state index contributed by atoms with van der Waals surface area (Å²) in [5.74, 6) is 1.10. The second kappa shape index (κ2) is 6.90. The molecule has 1 N–H and O–H groups in total. The van der Waals surface area contributed by atoms with Gasteiger partial charge in [-0.3, -0.25) is 14.1 Å². The first-order chi connectivity index (χ1) is 13.0. The van der Waals surface area contributed by atoms with E-state index in [1.54, 1.807) is 28.8 Å². The SMILES string of the molecule is CCCn1c(=O)sc2cc(S(=O)(=O)Nc3ccc4c(c3)OCCO4)ccc21. The molecule has 0 saturated carbocycles. The molecule has 0 atom stereocenters. The van der Waals surface area contributed by atoms with E-state index in [0.717, 1.165) is 23.3 Å². The van der Waals surface area contributed by atoms with Crippen LogP contribution in [0.4, 0.5) is 5.69 Å². The molecule has 2 heterocycles. The van der Waals surface area contributed by atoms with Crippen LogP contribution >= 0.6 is 11.3 Å². The third-order valence-corrected chi connectivity index (χ3v) is 6.51. The van der Waals surface area contributed by atoms with E-state index in [1.165, 1.54) is 12.1 Å². The molecule has 0 spiro atoms. The Morgan fingerprint density at radius 2 is 1.89 bits per heavy atom. The van der Waals surface area contributed by atoms with Crippen molar-refractivity contribution in [3.63, 3.8) is 0 Å². The van der Waals surface area contributed by atoms with Crippen LogP contribution in [0.15, 0.2) is 46.1 Å². The zero-order valence-corrected chi connectivity index (χ0v) is 16.2. The van der Waals surface area contributed by atoms with E-state index in [9.17, 15) is 13.2 Å². The molecule has 142 valence electrons. The van der Waals surface area contributed by atoms with E-state index in [4.69, 9.17) is 9.47 Å². The number of fused-ring (bicyclic) bond motifs is 2. The van der Waals surface area contributed by atoms with Crippen molar-refractivity contribution in [1.29, 1.82) is 0 Å². The molecule has 9 heteroatoms. The van der Waals surface area contributed by atoms with Gasteiger partial charge in [-0.15, -0.1) is 0 Å². The molecule has 0 saturated heterocycles. The lowest BCUT2D eigenvalue weighted by Gasteiger charge is -2.19. The van der Waals surface area contributed by atoms with E-state index in [1.807, 2.05) is 6.92 Å². The zero-order chi connectivity index (χ0) is 19.0. The quantitative estimate of drug-likeness (QED) is 0.704. The molecule has 27 heavy (non-hydrogen) atoms. The van der Waals surface area contributed by atoms with E-state index >= 15 is 0 Å². The van der Waals surface area contributed by atoms with Gasteiger partial charge >= 0.3 is 4.87 Å². The molecular formula is C18H18N2O5S2. The van der Waals surface area contributed by atoms with Gasteiger partial charge in [0.25, 0.3) is 10.0 Å². The van der Waals surface area contributed by atoms with Crippen LogP contribution in [0.25, 0.3) is 10.2 Å². The van der Waals surface area contributed by atoms with E-state index in [0.29, 0.717) is 41.6 Å². The van der Waals surface area contributed by atoms with Gasteiger partial charge in [0.05, 0.1) is 20.8 Å². The van der Waals surface area contributed by atoms with Gasteiger partial charge in [-0.25, -0.2) is 8.42 Å². The van der Waals surface area contributed by atoms with Gasteiger partial charge in [0.1, 0.15) is 13.2 Å². The topological polar surface area (TPSA) is 86.6 Å². The Hall–Kier alpha value is -2.52. The first-order valence-electron chi connectivity index (χ1n) is 8.54. The molecule has 1 aromatic heterocycles. The molecule has 0 aliphatic carbocycles. The summed E-state index contributed by atoms with van der Waals surface area (Å²) >= 11 is 1.05. The van der Waals surface area contributed by atoms with Crippen LogP contribution < -0.4 is 19.1 Å². The highest BCUT2D eigenvalue weighted by Crippen LogP contribution is 2.33. The average molecular weight is 406 g/mol. The largest absolute Gasteiger partial charge is 0.486 e. The highest BCUT2D eigenvalue weighted by atomic mass is 32.2. The number of nitrogens with zero attached hydrogens (tertiary/aromatic N) is 1. The Labute approximate surface area is 160 Å². The second-order valence-corrected chi connectivity index (χ2v) is 8.79. The summed E-state index contributed by atoms with van der Waals surface area (Å²) in [6.45, 7) is 3.50. The lowest BCUT2D eigenvalue weighted by atomic mass is 10.3. The number of anilines is 1. The number of hydrogen-bond donors (Lipinski definition) is 1. The predicted molar refractivity (Wildman–Crippen MR) is 105 cm³/mol. The second-order valence-electron chi connectivity index (χ2n) is 6.11. The number of ether oxygens (including phenoxy) is 2. The standard InChI is InChI=1S/C18H18N2O5S2/c1-2-7-20-14-5-4-13(11-17(14)26-18(20)21)27(22,23)19-12-3-6-15-16(10-12)25-9-8-24-15/h3-6,10-11,19H,2,7-9H2,1H3. The highest BCUT2D eigenvalue weighted by molar-refractivity contribution is 7.92. The predicted octanol–water partition coefficient (Wildman–Crippen LogP) is 3.05. The summed E-state index contributed by atoms with van der Waals surface area (Å²) < 4.78 is 41.3. The maximum absolute atomic E-state index is 12.8. The Bertz CT molecular complexity index is 1160. The van der Waals surface area contributed by atoms with Crippen LogP contribution in [-0.2, 0) is 16.6 Å². The van der Waals surface area contributed by atoms with Crippen molar-refractivity contribution in [2.24, 2.45) is 0 Å². The minimum absolute atomic E-state index is 0.0822. The van der Waals surface area contributed by atoms with Gasteiger partial charge in [-0.1, -0.05) is 18.3 Å². The van der Waals surface area contributed by atoms with Crippen molar-refractivity contribution in [2.45, 2.75) is 24.8 Å². The number of aryl methyl sites for hydroxylation is 1. The highest BCUT2D eigenvalue weighted by Gasteiger charge is 2.19. The fraction of sp³-hybridized carbons (Fsp3) is 0.278. The van der Waals surface area contributed by atoms with Crippen molar-refractivity contribution < 1.29 is 17.9 Å². The molecule has 0 bridgehead atoms. The van der Waals surface area contributed by atoms with Gasteiger partial charge < -0.3 is 9.47 Å². The fourth-order valence-electron chi connectivity index (χ4n) is 2.97. The Balaban J connectivity index is 1.66. The minimum atomic E-state index is -3.80. The first-order valence-corrected chi connectivity index (χ1v) is 10.8. The Morgan fingerprint density at radius 1 is 1.11 bits per heavy atom. The zero-order valence-electron chi connectivity index (χ0n) is 14.6. The fourth-order valence-corrected chi connectivity index (χ4v) is 5.08. The molecule has 0 unspecified atom stereocenters. The summed E-state index contributed by atoms with van der Waals surface area (Å²) in [5.41, 5.74) is 1.14. The molecule has 4 rings (SSSR count). The Kier molecular flexibility index (Phi) is 4.56. The average Bonchev–Trinajstić information content (AvgIpc) is 2.96. The van der Waals surface area contributed by atoms with Gasteiger partial charge in [0.15, 0.2) is 11.5 Å². The molecule has 2 aromatic carbocycles. The normalized spacial score (nSPS) is 13.7. The van der Waals surface area contributed by atoms with Crippen LogP contribution in [0.1, 0.15) is 13.3 Å². The van der Waals surface area contributed by atoms with Crippen molar-refractivity contribution in [3.05, 3.63) is 46.1 Å². The van der Waals surface area contributed by atoms with Crippen molar-refractivity contribution in [3.8, 4) is 11.5 Å². The molecule has 7 nitrogen and oxygen atoms in total.